The van der Waals surface area contributed by atoms with Crippen molar-refractivity contribution in [1.82, 2.24) is 0 Å². The third kappa shape index (κ3) is 4.85. The minimum Gasteiger partial charge on any atom is -0.478 e. The summed E-state index contributed by atoms with van der Waals surface area (Å²) in [6.07, 6.45) is 3.94. The van der Waals surface area contributed by atoms with Gasteiger partial charge in [-0.2, -0.15) is 0 Å². The Kier molecular flexibility index (Phi) is 5.92. The summed E-state index contributed by atoms with van der Waals surface area (Å²) in [5.74, 6) is -0.604. The van der Waals surface area contributed by atoms with E-state index in [0.29, 0.717) is 17.7 Å². The fraction of sp³-hybridized carbons (Fsp3) is 0.231. The van der Waals surface area contributed by atoms with Crippen LogP contribution in [0.4, 0.5) is 5.69 Å². The van der Waals surface area contributed by atoms with Crippen LogP contribution in [0.5, 0.6) is 0 Å². The maximum atomic E-state index is 11.1. The van der Waals surface area contributed by atoms with Gasteiger partial charge in [0.25, 0.3) is 5.69 Å². The van der Waals surface area contributed by atoms with Crippen LogP contribution in [0.1, 0.15) is 29.3 Å². The van der Waals surface area contributed by atoms with Crippen LogP contribution in [0.2, 0.25) is 0 Å². The number of rotatable bonds is 6. The largest absolute Gasteiger partial charge is 0.478 e. The Bertz CT molecular complexity index is 568. The van der Waals surface area contributed by atoms with Crippen LogP contribution in [-0.2, 0) is 4.79 Å². The van der Waals surface area contributed by atoms with Crippen molar-refractivity contribution in [3.63, 3.8) is 0 Å². The summed E-state index contributed by atoms with van der Waals surface area (Å²) in [7, 11) is 0. The van der Waals surface area contributed by atoms with Gasteiger partial charge in [0, 0.05) is 24.8 Å². The summed E-state index contributed by atoms with van der Waals surface area (Å²) in [6.45, 7) is 1.48. The molecule has 0 spiro atoms. The van der Waals surface area contributed by atoms with Gasteiger partial charge in [0.05, 0.1) is 10.5 Å². The third-order valence-corrected chi connectivity index (χ3v) is 3.21. The van der Waals surface area contributed by atoms with Gasteiger partial charge in [0.15, 0.2) is 5.12 Å². The summed E-state index contributed by atoms with van der Waals surface area (Å²) < 4.78 is 0. The summed E-state index contributed by atoms with van der Waals surface area (Å²) in [5.41, 5.74) is 0.0253. The number of carbonyl (C=O) groups is 2. The summed E-state index contributed by atoms with van der Waals surface area (Å²) >= 11 is 1.19. The average Bonchev–Trinajstić information content (AvgIpc) is 2.37. The number of benzene rings is 1. The molecule has 6 nitrogen and oxygen atoms in total. The minimum absolute atomic E-state index is 0.0277. The summed E-state index contributed by atoms with van der Waals surface area (Å²) in [4.78, 5) is 31.8. The topological polar surface area (TPSA) is 97.5 Å². The van der Waals surface area contributed by atoms with Crippen LogP contribution in [0.25, 0.3) is 6.08 Å². The van der Waals surface area contributed by atoms with Crippen molar-refractivity contribution in [3.8, 4) is 0 Å². The Labute approximate surface area is 119 Å². The van der Waals surface area contributed by atoms with E-state index in [1.165, 1.54) is 30.8 Å². The van der Waals surface area contributed by atoms with Crippen molar-refractivity contribution >= 4 is 34.6 Å². The first kappa shape index (κ1) is 15.9. The number of hydrogen-bond acceptors (Lipinski definition) is 5. The first-order valence-corrected chi connectivity index (χ1v) is 6.72. The van der Waals surface area contributed by atoms with Crippen LogP contribution in [0.15, 0.2) is 24.3 Å². The average molecular weight is 295 g/mol. The van der Waals surface area contributed by atoms with E-state index in [4.69, 9.17) is 5.11 Å². The van der Waals surface area contributed by atoms with Crippen molar-refractivity contribution in [1.29, 1.82) is 0 Å². The number of nitro groups is 1. The zero-order valence-electron chi connectivity index (χ0n) is 10.7. The zero-order chi connectivity index (χ0) is 15.1. The molecule has 7 heteroatoms. The maximum absolute atomic E-state index is 11.1. The number of carboxylic acids is 1. The molecular formula is C13H13NO5S. The lowest BCUT2D eigenvalue weighted by atomic mass is 10.1. The lowest BCUT2D eigenvalue weighted by Gasteiger charge is -2.01. The van der Waals surface area contributed by atoms with E-state index < -0.39 is 10.9 Å². The number of thioether (sulfide) groups is 1. The molecule has 0 amide bonds. The summed E-state index contributed by atoms with van der Waals surface area (Å²) in [6, 6.07) is 3.69. The van der Waals surface area contributed by atoms with E-state index in [9.17, 15) is 19.7 Å². The van der Waals surface area contributed by atoms with Gasteiger partial charge in [-0.25, -0.2) is 4.79 Å². The Hall–Kier alpha value is -2.15. The molecule has 1 rings (SSSR count). The molecule has 0 aromatic heterocycles. The number of aromatic carboxylic acids is 1. The normalized spacial score (nSPS) is 10.7. The molecule has 0 saturated heterocycles. The summed E-state index contributed by atoms with van der Waals surface area (Å²) in [5, 5.41) is 19.7. The van der Waals surface area contributed by atoms with Crippen LogP contribution >= 0.6 is 11.8 Å². The molecular weight excluding hydrogens is 282 g/mol. The highest BCUT2D eigenvalue weighted by molar-refractivity contribution is 8.13. The second kappa shape index (κ2) is 7.44. The molecule has 0 aliphatic rings. The quantitative estimate of drug-likeness (QED) is 0.492. The van der Waals surface area contributed by atoms with E-state index in [0.717, 1.165) is 6.07 Å². The van der Waals surface area contributed by atoms with E-state index in [1.807, 2.05) is 0 Å². The molecule has 1 N–H and O–H groups in total. The monoisotopic (exact) mass is 295 g/mol. The molecule has 0 heterocycles. The van der Waals surface area contributed by atoms with Crippen LogP contribution in [0, 0.1) is 10.1 Å². The standard InChI is InChI=1S/C13H13NO5S/c1-9(15)20-7-3-2-4-10-5-6-11(14(18)19)8-12(10)13(16)17/h2,4-6,8H,3,7H2,1H3,(H,16,17). The van der Waals surface area contributed by atoms with Crippen molar-refractivity contribution in [2.75, 3.05) is 5.75 Å². The van der Waals surface area contributed by atoms with Gasteiger partial charge >= 0.3 is 5.97 Å². The highest BCUT2D eigenvalue weighted by Crippen LogP contribution is 2.19. The SMILES string of the molecule is CC(=O)SCCC=Cc1ccc([N+](=O)[O-])cc1C(=O)O. The first-order chi connectivity index (χ1) is 9.41. The van der Waals surface area contributed by atoms with Crippen molar-refractivity contribution in [3.05, 3.63) is 45.5 Å². The smallest absolute Gasteiger partial charge is 0.336 e. The van der Waals surface area contributed by atoms with Gasteiger partial charge in [-0.15, -0.1) is 0 Å². The molecule has 0 bridgehead atoms. The van der Waals surface area contributed by atoms with Gasteiger partial charge in [-0.05, 0) is 18.1 Å². The van der Waals surface area contributed by atoms with Gasteiger partial charge < -0.3 is 5.11 Å². The van der Waals surface area contributed by atoms with Gasteiger partial charge in [-0.1, -0.05) is 23.9 Å². The zero-order valence-corrected chi connectivity index (χ0v) is 11.6. The number of allylic oxidation sites excluding steroid dienone is 1. The minimum atomic E-state index is -1.22. The molecule has 0 saturated carbocycles. The van der Waals surface area contributed by atoms with E-state index in [1.54, 1.807) is 12.2 Å². The number of nitro benzene ring substituents is 1. The molecule has 0 aliphatic heterocycles. The Morgan fingerprint density at radius 3 is 2.70 bits per heavy atom. The lowest BCUT2D eigenvalue weighted by molar-refractivity contribution is -0.384. The van der Waals surface area contributed by atoms with E-state index in [2.05, 4.69) is 0 Å². The molecule has 0 atom stereocenters. The van der Waals surface area contributed by atoms with Gasteiger partial charge in [-0.3, -0.25) is 14.9 Å². The van der Waals surface area contributed by atoms with Gasteiger partial charge in [0.2, 0.25) is 0 Å². The molecule has 0 radical (unpaired) electrons. The number of hydrogen-bond donors (Lipinski definition) is 1. The lowest BCUT2D eigenvalue weighted by Crippen LogP contribution is -2.01. The van der Waals surface area contributed by atoms with E-state index >= 15 is 0 Å². The van der Waals surface area contributed by atoms with Crippen molar-refractivity contribution in [2.45, 2.75) is 13.3 Å². The Morgan fingerprint density at radius 1 is 1.45 bits per heavy atom. The Balaban J connectivity index is 2.84. The number of carbonyl (C=O) groups excluding carboxylic acids is 1. The second-order valence-electron chi connectivity index (χ2n) is 3.86. The highest BCUT2D eigenvalue weighted by atomic mass is 32.2. The molecule has 0 fully saturated rings. The Morgan fingerprint density at radius 2 is 2.15 bits per heavy atom. The third-order valence-electron chi connectivity index (χ3n) is 2.37. The van der Waals surface area contributed by atoms with E-state index in [-0.39, 0.29) is 16.4 Å². The van der Waals surface area contributed by atoms with Crippen LogP contribution in [-0.4, -0.2) is 26.9 Å². The number of nitrogens with zero attached hydrogens (tertiary/aromatic N) is 1. The highest BCUT2D eigenvalue weighted by Gasteiger charge is 2.14. The molecule has 106 valence electrons. The molecule has 0 unspecified atom stereocenters. The predicted molar refractivity (Wildman–Crippen MR) is 76.8 cm³/mol. The predicted octanol–water partition coefficient (Wildman–Crippen LogP) is 2.98. The second-order valence-corrected chi connectivity index (χ2v) is 5.14. The molecule has 1 aromatic rings. The van der Waals surface area contributed by atoms with Crippen molar-refractivity contribution in [2.24, 2.45) is 0 Å². The molecule has 20 heavy (non-hydrogen) atoms. The molecule has 0 aliphatic carbocycles. The maximum Gasteiger partial charge on any atom is 0.336 e. The van der Waals surface area contributed by atoms with Crippen molar-refractivity contribution < 1.29 is 19.6 Å². The fourth-order valence-electron chi connectivity index (χ4n) is 1.47. The fourth-order valence-corrected chi connectivity index (χ4v) is 2.01. The van der Waals surface area contributed by atoms with Crippen LogP contribution in [0.3, 0.4) is 0 Å². The van der Waals surface area contributed by atoms with Gasteiger partial charge in [0.1, 0.15) is 0 Å². The first-order valence-electron chi connectivity index (χ1n) is 5.73. The number of non-ortho nitro benzene ring substituents is 1. The number of carboxylic acid groups (broad SMARTS) is 1. The molecule has 1 aromatic carbocycles. The van der Waals surface area contributed by atoms with Crippen LogP contribution < -0.4 is 0 Å².